The van der Waals surface area contributed by atoms with Crippen molar-refractivity contribution in [3.63, 3.8) is 0 Å². The molecule has 0 N–H and O–H groups in total. The van der Waals surface area contributed by atoms with Gasteiger partial charge < -0.3 is 14.5 Å². The van der Waals surface area contributed by atoms with E-state index in [1.54, 1.807) is 0 Å². The predicted octanol–water partition coefficient (Wildman–Crippen LogP) is -5.94. The molecular formula is C7H3BrNa2O4S. The van der Waals surface area contributed by atoms with E-state index >= 15 is 0 Å². The van der Waals surface area contributed by atoms with Crippen molar-refractivity contribution in [3.05, 3.63) is 28.2 Å². The van der Waals surface area contributed by atoms with Gasteiger partial charge in [-0.15, -0.1) is 0 Å². The fraction of sp³-hybridized carbons (Fsp3) is 0. The van der Waals surface area contributed by atoms with Crippen molar-refractivity contribution in [1.82, 2.24) is 0 Å². The summed E-state index contributed by atoms with van der Waals surface area (Å²) in [5, 5.41) is 10.4. The largest absolute Gasteiger partial charge is 1.00 e. The third-order valence-electron chi connectivity index (χ3n) is 1.35. The maximum absolute atomic E-state index is 10.5. The van der Waals surface area contributed by atoms with Crippen LogP contribution in [0.15, 0.2) is 27.6 Å². The van der Waals surface area contributed by atoms with E-state index < -0.39 is 17.0 Å². The Hall–Kier alpha value is 1.28. The molecule has 0 saturated carbocycles. The zero-order valence-electron chi connectivity index (χ0n) is 8.15. The Morgan fingerprint density at radius 2 is 1.87 bits per heavy atom. The summed E-state index contributed by atoms with van der Waals surface area (Å²) in [4.78, 5) is 10.4. The average molecular weight is 309 g/mol. The van der Waals surface area contributed by atoms with Crippen LogP contribution in [0.2, 0.25) is 0 Å². The van der Waals surface area contributed by atoms with Gasteiger partial charge in [0.2, 0.25) is 0 Å². The molecule has 0 spiro atoms. The van der Waals surface area contributed by atoms with Gasteiger partial charge in [-0.2, -0.15) is 0 Å². The smallest absolute Gasteiger partial charge is 0.768 e. The Labute approximate surface area is 142 Å². The number of carbonyl (C=O) groups is 1. The van der Waals surface area contributed by atoms with Crippen LogP contribution in [0.3, 0.4) is 0 Å². The SMILES string of the molecule is O=C([O-])c1ccc(S(=O)[O-])cc1Br.[Na+].[Na+]. The number of carboxylic acid groups (broad SMARTS) is 1. The molecule has 0 heterocycles. The monoisotopic (exact) mass is 308 g/mol. The molecule has 0 bridgehead atoms. The van der Waals surface area contributed by atoms with Crippen LogP contribution in [0.4, 0.5) is 0 Å². The predicted molar refractivity (Wildman–Crippen MR) is 45.7 cm³/mol. The second-order valence-electron chi connectivity index (χ2n) is 2.16. The second kappa shape index (κ2) is 8.38. The summed E-state index contributed by atoms with van der Waals surface area (Å²) in [6.07, 6.45) is 0. The van der Waals surface area contributed by atoms with Gasteiger partial charge in [0.1, 0.15) is 0 Å². The molecule has 0 aliphatic rings. The molecule has 0 fully saturated rings. The van der Waals surface area contributed by atoms with Crippen LogP contribution in [0.25, 0.3) is 0 Å². The van der Waals surface area contributed by atoms with Crippen molar-refractivity contribution in [2.45, 2.75) is 4.90 Å². The van der Waals surface area contributed by atoms with Crippen LogP contribution in [0.5, 0.6) is 0 Å². The standard InChI is InChI=1S/C7H5BrO4S.2Na/c8-6-3-4(13(11)12)1-2-5(6)7(9)10;;/h1-3H,(H,9,10)(H,11,12);;/q;2*+1/p-2. The molecule has 1 aromatic rings. The fourth-order valence-corrected chi connectivity index (χ4v) is 1.85. The van der Waals surface area contributed by atoms with Crippen molar-refractivity contribution >= 4 is 33.0 Å². The van der Waals surface area contributed by atoms with Gasteiger partial charge in [-0.05, 0) is 23.2 Å². The summed E-state index contributed by atoms with van der Waals surface area (Å²) in [6.45, 7) is 0. The molecule has 0 saturated heterocycles. The first-order chi connectivity index (χ1) is 6.02. The van der Waals surface area contributed by atoms with E-state index in [2.05, 4.69) is 15.9 Å². The maximum Gasteiger partial charge on any atom is 1.00 e. The molecule has 1 unspecified atom stereocenters. The van der Waals surface area contributed by atoms with E-state index in [-0.39, 0.29) is 74.0 Å². The maximum atomic E-state index is 10.5. The van der Waals surface area contributed by atoms with Gasteiger partial charge in [-0.3, -0.25) is 4.21 Å². The van der Waals surface area contributed by atoms with E-state index in [4.69, 9.17) is 0 Å². The molecule has 4 nitrogen and oxygen atoms in total. The molecule has 8 heteroatoms. The van der Waals surface area contributed by atoms with E-state index in [0.717, 1.165) is 0 Å². The van der Waals surface area contributed by atoms with E-state index in [1.807, 2.05) is 0 Å². The fourth-order valence-electron chi connectivity index (χ4n) is 0.765. The summed E-state index contributed by atoms with van der Waals surface area (Å²) in [5.41, 5.74) is -0.0748. The summed E-state index contributed by atoms with van der Waals surface area (Å²) in [6, 6.07) is 3.57. The zero-order valence-corrected chi connectivity index (χ0v) is 14.6. The van der Waals surface area contributed by atoms with Gasteiger partial charge in [0, 0.05) is 14.9 Å². The molecule has 1 aromatic carbocycles. The first kappa shape index (κ1) is 18.6. The van der Waals surface area contributed by atoms with Crippen molar-refractivity contribution in [3.8, 4) is 0 Å². The van der Waals surface area contributed by atoms with E-state index in [9.17, 15) is 18.7 Å². The minimum absolute atomic E-state index is 0. The zero-order chi connectivity index (χ0) is 10.0. The number of aromatic carboxylic acids is 1. The Bertz CT molecular complexity index is 385. The van der Waals surface area contributed by atoms with Crippen molar-refractivity contribution in [2.24, 2.45) is 0 Å². The summed E-state index contributed by atoms with van der Waals surface area (Å²) >= 11 is 0.568. The number of benzene rings is 1. The van der Waals surface area contributed by atoms with E-state index in [1.165, 1.54) is 18.2 Å². The van der Waals surface area contributed by atoms with Crippen LogP contribution >= 0.6 is 15.9 Å². The molecule has 70 valence electrons. The third-order valence-corrected chi connectivity index (χ3v) is 2.65. The minimum Gasteiger partial charge on any atom is -0.768 e. The second-order valence-corrected chi connectivity index (χ2v) is 3.96. The van der Waals surface area contributed by atoms with Gasteiger partial charge in [0.05, 0.1) is 5.97 Å². The van der Waals surface area contributed by atoms with Gasteiger partial charge in [-0.25, -0.2) is 0 Å². The van der Waals surface area contributed by atoms with Crippen LogP contribution < -0.4 is 64.2 Å². The first-order valence-electron chi connectivity index (χ1n) is 3.12. The van der Waals surface area contributed by atoms with Crippen molar-refractivity contribution < 1.29 is 77.8 Å². The van der Waals surface area contributed by atoms with Crippen LogP contribution in [0.1, 0.15) is 10.4 Å². The Balaban J connectivity index is 0. The van der Waals surface area contributed by atoms with E-state index in [0.29, 0.717) is 0 Å². The number of hydrogen-bond donors (Lipinski definition) is 0. The first-order valence-corrected chi connectivity index (χ1v) is 4.99. The number of rotatable bonds is 2. The molecule has 15 heavy (non-hydrogen) atoms. The van der Waals surface area contributed by atoms with Crippen LogP contribution in [0, 0.1) is 0 Å². The quantitative estimate of drug-likeness (QED) is 0.402. The number of carbonyl (C=O) groups excluding carboxylic acids is 1. The van der Waals surface area contributed by atoms with Crippen molar-refractivity contribution in [2.75, 3.05) is 0 Å². The molecule has 1 rings (SSSR count). The molecule has 0 aliphatic carbocycles. The van der Waals surface area contributed by atoms with Crippen LogP contribution in [-0.2, 0) is 11.1 Å². The Morgan fingerprint density at radius 3 is 2.20 bits per heavy atom. The van der Waals surface area contributed by atoms with Crippen LogP contribution in [-0.4, -0.2) is 14.7 Å². The molecular weight excluding hydrogens is 306 g/mol. The molecule has 0 radical (unpaired) electrons. The topological polar surface area (TPSA) is 80.3 Å². The van der Waals surface area contributed by atoms with Gasteiger partial charge in [0.15, 0.2) is 0 Å². The Kier molecular flexibility index (Phi) is 10.4. The normalized spacial score (nSPS) is 10.8. The van der Waals surface area contributed by atoms with Gasteiger partial charge in [0.25, 0.3) is 0 Å². The summed E-state index contributed by atoms with van der Waals surface area (Å²) < 4.78 is 21.1. The number of hydrogen-bond acceptors (Lipinski definition) is 4. The number of carboxylic acids is 1. The molecule has 0 amide bonds. The molecule has 0 aliphatic heterocycles. The van der Waals surface area contributed by atoms with Gasteiger partial charge in [-0.1, -0.05) is 22.0 Å². The molecule has 0 aromatic heterocycles. The summed E-state index contributed by atoms with van der Waals surface area (Å²) in [5.74, 6) is -1.35. The average Bonchev–Trinajstić information content (AvgIpc) is 2.03. The summed E-state index contributed by atoms with van der Waals surface area (Å²) in [7, 11) is 0. The molecule has 1 atom stereocenters. The third kappa shape index (κ3) is 5.43. The van der Waals surface area contributed by atoms with Gasteiger partial charge >= 0.3 is 59.1 Å². The minimum atomic E-state index is -2.35. The Morgan fingerprint density at radius 1 is 1.33 bits per heavy atom. The number of halogens is 1. The van der Waals surface area contributed by atoms with Crippen molar-refractivity contribution in [1.29, 1.82) is 0 Å².